The van der Waals surface area contributed by atoms with Crippen LogP contribution in [0.25, 0.3) is 11.2 Å². The number of anilines is 1. The molecule has 4 aliphatic carbocycles. The molecule has 13 N–H and O–H groups in total. The van der Waals surface area contributed by atoms with Crippen LogP contribution in [0.3, 0.4) is 0 Å². The first kappa shape index (κ1) is 64.0. The molecule has 3 heterocycles. The molecule has 0 radical (unpaired) electrons. The molecule has 5 aliphatic rings. The van der Waals surface area contributed by atoms with Crippen molar-refractivity contribution in [3.63, 3.8) is 0 Å². The fourth-order valence-electron chi connectivity index (χ4n) is 13.6. The van der Waals surface area contributed by atoms with Crippen LogP contribution >= 0.6 is 35.2 Å². The van der Waals surface area contributed by atoms with E-state index in [0.717, 1.165) is 86.8 Å². The van der Waals surface area contributed by atoms with Gasteiger partial charge >= 0.3 is 23.5 Å². The first-order valence-electron chi connectivity index (χ1n) is 26.9. The van der Waals surface area contributed by atoms with E-state index in [2.05, 4.69) is 55.2 Å². The van der Waals surface area contributed by atoms with Crippen molar-refractivity contribution in [3.8, 4) is 0 Å². The van der Waals surface area contributed by atoms with Gasteiger partial charge in [-0.15, -0.1) is 0 Å². The number of carbonyl (C=O) groups excluding carboxylic acids is 3. The van der Waals surface area contributed by atoms with Crippen LogP contribution in [0.15, 0.2) is 12.7 Å². The molecule has 2 amide bonds. The summed E-state index contributed by atoms with van der Waals surface area (Å²) < 4.78 is 62.8. The molecule has 1 aliphatic heterocycles. The molecule has 1 saturated heterocycles. The summed E-state index contributed by atoms with van der Waals surface area (Å²) in [4.78, 5) is 89.9. The smallest absolute Gasteiger partial charge is 0.393 e. The topological polar surface area (TPSA) is 424 Å². The van der Waals surface area contributed by atoms with Crippen LogP contribution in [0.2, 0.25) is 0 Å². The number of nitrogen functional groups attached to an aromatic ring is 1. The molecule has 4 saturated carbocycles. The van der Waals surface area contributed by atoms with Crippen molar-refractivity contribution in [2.45, 2.75) is 161 Å². The van der Waals surface area contributed by atoms with Gasteiger partial charge in [0.25, 0.3) is 0 Å². The number of nitrogens with two attached hydrogens (primary N) is 1. The van der Waals surface area contributed by atoms with E-state index in [4.69, 9.17) is 19.5 Å². The number of carbonyl (C=O) groups is 3. The second-order valence-electron chi connectivity index (χ2n) is 23.6. The molecule has 5 fully saturated rings. The molecule has 0 spiro atoms. The SMILES string of the molecule is CC(C(=O)SCCNC(=O)CCNC(=O)C(O)C(C)(C)COP(=O)(O)OP(=O)(O)OC[C@H]1O[C@@H](n2cnc3c(N)ncnc32)[C@H](O)[C@@H]1OP(=O)(O)O)C(O)CC[C@@H](C)[C@H]1CC[C@H]2[C@@H]3[C@H](O)C[C@@H]4C[C@H](O)CC[C@]4(C)[C@H]3CC[C@]12C. The molecule has 0 bridgehead atoms. The lowest BCUT2D eigenvalue weighted by molar-refractivity contribution is -0.174. The number of hydrogen-bond acceptors (Lipinski definition) is 21. The van der Waals surface area contributed by atoms with Gasteiger partial charge in [0.1, 0.15) is 36.3 Å². The number of aromatic nitrogens is 4. The molecule has 5 unspecified atom stereocenters. The van der Waals surface area contributed by atoms with E-state index in [1.165, 1.54) is 13.8 Å². The van der Waals surface area contributed by atoms with Gasteiger partial charge in [-0.2, -0.15) is 4.31 Å². The van der Waals surface area contributed by atoms with E-state index < -0.39 is 96.6 Å². The second kappa shape index (κ2) is 25.3. The third-order valence-electron chi connectivity index (χ3n) is 18.0. The quantitative estimate of drug-likeness (QED) is 0.0502. The molecule has 79 heavy (non-hydrogen) atoms. The lowest BCUT2D eigenvalue weighted by atomic mass is 9.43. The van der Waals surface area contributed by atoms with Crippen LogP contribution in [-0.4, -0.2) is 156 Å². The molecule has 0 aromatic carbocycles. The van der Waals surface area contributed by atoms with Crippen molar-refractivity contribution in [1.82, 2.24) is 30.2 Å². The van der Waals surface area contributed by atoms with Gasteiger partial charge in [-0.3, -0.25) is 32.5 Å². The zero-order valence-electron chi connectivity index (χ0n) is 45.3. The van der Waals surface area contributed by atoms with Crippen LogP contribution in [0.1, 0.15) is 118 Å². The zero-order chi connectivity index (χ0) is 58.2. The Kier molecular flexibility index (Phi) is 20.5. The highest BCUT2D eigenvalue weighted by Gasteiger charge is 2.63. The van der Waals surface area contributed by atoms with E-state index >= 15 is 0 Å². The van der Waals surface area contributed by atoms with Gasteiger partial charge in [-0.1, -0.05) is 53.3 Å². The summed E-state index contributed by atoms with van der Waals surface area (Å²) in [7, 11) is -16.5. The van der Waals surface area contributed by atoms with Crippen LogP contribution in [-0.2, 0) is 50.7 Å². The Morgan fingerprint density at radius 2 is 1.59 bits per heavy atom. The number of phosphoric acid groups is 3. The number of phosphoric ester groups is 3. The van der Waals surface area contributed by atoms with Crippen molar-refractivity contribution in [3.05, 3.63) is 12.7 Å². The van der Waals surface area contributed by atoms with E-state index in [1.807, 2.05) is 0 Å². The number of ether oxygens (including phenoxy) is 1. The highest BCUT2D eigenvalue weighted by Crippen LogP contribution is 2.69. The molecule has 448 valence electrons. The van der Waals surface area contributed by atoms with Gasteiger partial charge in [0.05, 0.1) is 43.8 Å². The molecule has 2 aromatic rings. The Bertz CT molecular complexity index is 2640. The van der Waals surface area contributed by atoms with Crippen molar-refractivity contribution < 1.29 is 95.8 Å². The minimum atomic E-state index is -5.61. The minimum absolute atomic E-state index is 0.0236. The zero-order valence-corrected chi connectivity index (χ0v) is 48.8. The lowest BCUT2D eigenvalue weighted by Crippen LogP contribution is -2.58. The maximum absolute atomic E-state index is 13.1. The number of rotatable bonds is 25. The molecular weight excluding hydrogens is 1120 g/mol. The van der Waals surface area contributed by atoms with Gasteiger partial charge in [-0.25, -0.2) is 28.6 Å². The monoisotopic (exact) mass is 1200 g/mol. The number of imidazole rings is 1. The van der Waals surface area contributed by atoms with Crippen LogP contribution in [0.4, 0.5) is 5.82 Å². The number of aliphatic hydroxyl groups excluding tert-OH is 5. The molecular formula is C48H80N7O20P3S. The molecule has 27 nitrogen and oxygen atoms in total. The fraction of sp³-hybridized carbons (Fsp3) is 0.833. The van der Waals surface area contributed by atoms with Crippen molar-refractivity contribution in [2.24, 2.45) is 57.7 Å². The normalized spacial score (nSPS) is 34.0. The maximum Gasteiger partial charge on any atom is 0.481 e. The molecule has 31 heteroatoms. The van der Waals surface area contributed by atoms with E-state index in [1.54, 1.807) is 6.92 Å². The highest BCUT2D eigenvalue weighted by molar-refractivity contribution is 8.13. The van der Waals surface area contributed by atoms with E-state index in [9.17, 15) is 73.2 Å². The first-order chi connectivity index (χ1) is 36.8. The van der Waals surface area contributed by atoms with Crippen LogP contribution in [0.5, 0.6) is 0 Å². The van der Waals surface area contributed by atoms with Crippen molar-refractivity contribution in [1.29, 1.82) is 0 Å². The average molecular weight is 1200 g/mol. The highest BCUT2D eigenvalue weighted by atomic mass is 32.2. The van der Waals surface area contributed by atoms with Crippen LogP contribution < -0.4 is 16.4 Å². The Morgan fingerprint density at radius 3 is 2.30 bits per heavy atom. The number of aliphatic hydroxyl groups is 5. The Morgan fingerprint density at radius 1 is 0.911 bits per heavy atom. The molecule has 2 aromatic heterocycles. The largest absolute Gasteiger partial charge is 0.481 e. The summed E-state index contributed by atoms with van der Waals surface area (Å²) in [6.07, 6.45) is 0.531. The first-order valence-corrected chi connectivity index (χ1v) is 32.4. The number of amides is 2. The third kappa shape index (κ3) is 14.9. The van der Waals surface area contributed by atoms with Gasteiger partial charge < -0.3 is 66.2 Å². The summed E-state index contributed by atoms with van der Waals surface area (Å²) in [6, 6.07) is 0. The fourth-order valence-corrected chi connectivity index (χ4v) is 17.3. The minimum Gasteiger partial charge on any atom is -0.393 e. The van der Waals surface area contributed by atoms with E-state index in [-0.39, 0.29) is 76.3 Å². The average Bonchev–Trinajstić information content (AvgIpc) is 4.08. The predicted molar refractivity (Wildman–Crippen MR) is 283 cm³/mol. The summed E-state index contributed by atoms with van der Waals surface area (Å²) in [5.41, 5.74) is 4.50. The summed E-state index contributed by atoms with van der Waals surface area (Å²) in [5, 5.41) is 59.7. The third-order valence-corrected chi connectivity index (χ3v) is 22.2. The van der Waals surface area contributed by atoms with Gasteiger partial charge in [-0.05, 0) is 111 Å². The predicted octanol–water partition coefficient (Wildman–Crippen LogP) is 3.07. The van der Waals surface area contributed by atoms with Crippen molar-refractivity contribution in [2.75, 3.05) is 37.8 Å². The Hall–Kier alpha value is -2.56. The Balaban J connectivity index is 0.774. The van der Waals surface area contributed by atoms with Gasteiger partial charge in [0, 0.05) is 30.7 Å². The number of hydrogen-bond donors (Lipinski definition) is 12. The summed E-state index contributed by atoms with van der Waals surface area (Å²) in [6.45, 7) is 9.12. The maximum atomic E-state index is 13.1. The van der Waals surface area contributed by atoms with Gasteiger partial charge in [0.2, 0.25) is 11.8 Å². The number of thioether (sulfide) groups is 1. The summed E-state index contributed by atoms with van der Waals surface area (Å²) >= 11 is 1.00. The summed E-state index contributed by atoms with van der Waals surface area (Å²) in [5.74, 6) is 0.407. The molecule has 7 rings (SSSR count). The van der Waals surface area contributed by atoms with E-state index in [0.29, 0.717) is 36.0 Å². The lowest BCUT2D eigenvalue weighted by Gasteiger charge is -2.62. The standard InChI is InChI=1S/C48H80N7O20P3S/c1-25(29-8-9-30-36-31(12-15-48(29,30)6)47(5)14-11-28(56)19-27(47)20-33(36)58)7-10-32(57)26(2)45(63)79-18-17-50-35(59)13-16-51-43(62)40(61)46(3,4)22-72-78(69,70)75-77(67,68)71-21-34-39(74-76(64,65)66)38(60)44(73-34)55-24-54-37-41(49)52-23-53-42(37)55/h23-34,36,38-40,44,56-58,60-61H,7-22H2,1-6H3,(H,50,59)(H,51,62)(H,67,68)(H,69,70)(H2,49,52,53)(H2,64,65,66)/t25-,26?,27+,28-,29-,30+,31+,32?,33-,34-,36+,38-,39-,40?,44-,47+,48-/m1/s1. The Labute approximate surface area is 462 Å². The van der Waals surface area contributed by atoms with Gasteiger partial charge in [0.15, 0.2) is 22.8 Å². The number of nitrogens with zero attached hydrogens (tertiary/aromatic N) is 4. The molecule has 19 atom stereocenters. The van der Waals surface area contributed by atoms with Crippen molar-refractivity contribution >= 4 is 69.1 Å². The van der Waals surface area contributed by atoms with Crippen LogP contribution in [0, 0.1) is 57.7 Å². The second-order valence-corrected chi connectivity index (χ2v) is 28.9. The number of nitrogens with one attached hydrogen (secondary N) is 2. The number of fused-ring (bicyclic) bond motifs is 6.